The minimum atomic E-state index is -0.0267. The van der Waals surface area contributed by atoms with Crippen molar-refractivity contribution >= 4 is 11.4 Å². The third kappa shape index (κ3) is 4.82. The summed E-state index contributed by atoms with van der Waals surface area (Å²) in [5.74, 6) is 0. The Labute approximate surface area is 271 Å². The molecule has 0 radical (unpaired) electrons. The Balaban J connectivity index is 1.19. The first kappa shape index (κ1) is 27.9. The second-order valence-electron chi connectivity index (χ2n) is 12.6. The van der Waals surface area contributed by atoms with Crippen LogP contribution in [0, 0.1) is 0 Å². The van der Waals surface area contributed by atoms with E-state index >= 15 is 0 Å². The Morgan fingerprint density at radius 2 is 0.870 bits per heavy atom. The molecule has 220 valence electrons. The third-order valence-corrected chi connectivity index (χ3v) is 9.50. The Hall–Kier alpha value is -5.66. The molecule has 1 aliphatic rings. The molecule has 7 aromatic rings. The molecule has 0 aromatic heterocycles. The largest absolute Gasteiger partial charge is 0.356 e. The molecule has 7 aromatic carbocycles. The molecule has 0 fully saturated rings. The lowest BCUT2D eigenvalue weighted by atomic mass is 9.82. The first-order valence-electron chi connectivity index (χ1n) is 16.0. The number of hydrogen-bond acceptors (Lipinski definition) is 1. The fraction of sp³-hybridized carbons (Fsp3) is 0.0667. The van der Waals surface area contributed by atoms with Gasteiger partial charge in [-0.3, -0.25) is 0 Å². The number of fused-ring (bicyclic) bond motifs is 3. The monoisotopic (exact) mass is 589 g/mol. The van der Waals surface area contributed by atoms with E-state index in [1.807, 2.05) is 0 Å². The standard InChI is InChI=1S/C45H35N/c1-45(2)42-23-12-11-20-39(42)40-29-28-35(30-43(40)45)46-34-26-24-33(25-27-34)44-37(32-16-7-4-8-17-32)21-13-22-41(44)38-19-10-9-18-36(38)31-14-5-3-6-15-31/h3-30,46H,1-2H3. The van der Waals surface area contributed by atoms with Crippen LogP contribution in [0.2, 0.25) is 0 Å². The van der Waals surface area contributed by atoms with Crippen molar-refractivity contribution in [3.05, 3.63) is 181 Å². The van der Waals surface area contributed by atoms with Gasteiger partial charge < -0.3 is 5.32 Å². The van der Waals surface area contributed by atoms with Crippen LogP contribution in [0.25, 0.3) is 55.6 Å². The van der Waals surface area contributed by atoms with Crippen molar-refractivity contribution in [2.75, 3.05) is 5.32 Å². The van der Waals surface area contributed by atoms with E-state index in [0.29, 0.717) is 0 Å². The molecular weight excluding hydrogens is 555 g/mol. The highest BCUT2D eigenvalue weighted by atomic mass is 14.9. The van der Waals surface area contributed by atoms with Gasteiger partial charge in [-0.2, -0.15) is 0 Å². The molecule has 0 heterocycles. The van der Waals surface area contributed by atoms with Gasteiger partial charge in [-0.25, -0.2) is 0 Å². The molecule has 1 N–H and O–H groups in total. The topological polar surface area (TPSA) is 12.0 Å². The summed E-state index contributed by atoms with van der Waals surface area (Å²) in [5, 5.41) is 3.70. The van der Waals surface area contributed by atoms with Gasteiger partial charge in [0.2, 0.25) is 0 Å². The summed E-state index contributed by atoms with van der Waals surface area (Å²) in [7, 11) is 0. The molecule has 46 heavy (non-hydrogen) atoms. The van der Waals surface area contributed by atoms with Crippen LogP contribution in [0.3, 0.4) is 0 Å². The lowest BCUT2D eigenvalue weighted by Gasteiger charge is -2.22. The molecule has 0 saturated carbocycles. The Kier molecular flexibility index (Phi) is 6.88. The van der Waals surface area contributed by atoms with Crippen molar-refractivity contribution in [2.24, 2.45) is 0 Å². The Morgan fingerprint density at radius 1 is 0.348 bits per heavy atom. The van der Waals surface area contributed by atoms with E-state index in [9.17, 15) is 0 Å². The average molecular weight is 590 g/mol. The number of nitrogens with one attached hydrogen (secondary N) is 1. The number of rotatable bonds is 6. The summed E-state index contributed by atoms with van der Waals surface area (Å²) in [6.45, 7) is 4.65. The summed E-state index contributed by atoms with van der Waals surface area (Å²) in [6, 6.07) is 61.4. The molecule has 0 amide bonds. The van der Waals surface area contributed by atoms with Gasteiger partial charge in [-0.05, 0) is 91.0 Å². The highest BCUT2D eigenvalue weighted by Crippen LogP contribution is 2.49. The molecule has 0 aliphatic heterocycles. The van der Waals surface area contributed by atoms with Gasteiger partial charge in [0.05, 0.1) is 0 Å². The van der Waals surface area contributed by atoms with Crippen LogP contribution in [-0.4, -0.2) is 0 Å². The molecule has 1 heteroatoms. The van der Waals surface area contributed by atoms with E-state index in [1.54, 1.807) is 0 Å². The summed E-state index contributed by atoms with van der Waals surface area (Å²) in [4.78, 5) is 0. The molecule has 0 spiro atoms. The second-order valence-corrected chi connectivity index (χ2v) is 12.6. The van der Waals surface area contributed by atoms with Crippen LogP contribution in [0.1, 0.15) is 25.0 Å². The molecule has 0 unspecified atom stereocenters. The zero-order valence-corrected chi connectivity index (χ0v) is 26.2. The maximum Gasteiger partial charge on any atom is 0.0387 e. The number of anilines is 2. The van der Waals surface area contributed by atoms with E-state index in [0.717, 1.165) is 11.4 Å². The Bertz CT molecular complexity index is 2170. The fourth-order valence-corrected chi connectivity index (χ4v) is 7.20. The smallest absolute Gasteiger partial charge is 0.0387 e. The van der Waals surface area contributed by atoms with Gasteiger partial charge in [0, 0.05) is 16.8 Å². The average Bonchev–Trinajstić information content (AvgIpc) is 3.35. The van der Waals surface area contributed by atoms with E-state index < -0.39 is 0 Å². The molecule has 0 bridgehead atoms. The predicted molar refractivity (Wildman–Crippen MR) is 195 cm³/mol. The molecule has 0 saturated heterocycles. The van der Waals surface area contributed by atoms with Crippen LogP contribution >= 0.6 is 0 Å². The van der Waals surface area contributed by atoms with E-state index in [-0.39, 0.29) is 5.41 Å². The van der Waals surface area contributed by atoms with E-state index in [4.69, 9.17) is 0 Å². The zero-order valence-electron chi connectivity index (χ0n) is 26.2. The highest BCUT2D eigenvalue weighted by Gasteiger charge is 2.35. The SMILES string of the molecule is CC1(C)c2ccccc2-c2ccc(Nc3ccc(-c4c(-c5ccccc5)cccc4-c4ccccc4-c4ccccc4)cc3)cc21. The minimum absolute atomic E-state index is 0.0267. The quantitative estimate of drug-likeness (QED) is 0.203. The summed E-state index contributed by atoms with van der Waals surface area (Å²) >= 11 is 0. The third-order valence-electron chi connectivity index (χ3n) is 9.50. The van der Waals surface area contributed by atoms with Crippen LogP contribution in [-0.2, 0) is 5.41 Å². The molecular formula is C45H35N. The van der Waals surface area contributed by atoms with Crippen molar-refractivity contribution in [3.8, 4) is 55.6 Å². The van der Waals surface area contributed by atoms with Gasteiger partial charge in [-0.1, -0.05) is 159 Å². The van der Waals surface area contributed by atoms with Crippen LogP contribution in [0.4, 0.5) is 11.4 Å². The van der Waals surface area contributed by atoms with Crippen molar-refractivity contribution in [2.45, 2.75) is 19.3 Å². The molecule has 1 nitrogen and oxygen atoms in total. The first-order chi connectivity index (χ1) is 22.6. The number of hydrogen-bond donors (Lipinski definition) is 1. The van der Waals surface area contributed by atoms with Crippen LogP contribution in [0.15, 0.2) is 170 Å². The van der Waals surface area contributed by atoms with Gasteiger partial charge in [0.25, 0.3) is 0 Å². The van der Waals surface area contributed by atoms with Crippen LogP contribution in [0.5, 0.6) is 0 Å². The minimum Gasteiger partial charge on any atom is -0.356 e. The van der Waals surface area contributed by atoms with Gasteiger partial charge in [0.15, 0.2) is 0 Å². The van der Waals surface area contributed by atoms with Gasteiger partial charge >= 0.3 is 0 Å². The predicted octanol–water partition coefficient (Wildman–Crippen LogP) is 12.4. The molecule has 8 rings (SSSR count). The lowest BCUT2D eigenvalue weighted by molar-refractivity contribution is 0.660. The maximum absolute atomic E-state index is 3.70. The fourth-order valence-electron chi connectivity index (χ4n) is 7.20. The zero-order chi connectivity index (χ0) is 31.1. The summed E-state index contributed by atoms with van der Waals surface area (Å²) in [5.41, 5.74) is 17.4. The summed E-state index contributed by atoms with van der Waals surface area (Å²) in [6.07, 6.45) is 0. The lowest BCUT2D eigenvalue weighted by Crippen LogP contribution is -2.15. The summed E-state index contributed by atoms with van der Waals surface area (Å²) < 4.78 is 0. The van der Waals surface area contributed by atoms with Crippen molar-refractivity contribution in [1.82, 2.24) is 0 Å². The Morgan fingerprint density at radius 3 is 1.59 bits per heavy atom. The van der Waals surface area contributed by atoms with Crippen molar-refractivity contribution in [1.29, 1.82) is 0 Å². The first-order valence-corrected chi connectivity index (χ1v) is 16.0. The normalized spacial score (nSPS) is 12.7. The number of benzene rings is 7. The maximum atomic E-state index is 3.70. The van der Waals surface area contributed by atoms with E-state index in [2.05, 4.69) is 189 Å². The van der Waals surface area contributed by atoms with Gasteiger partial charge in [0.1, 0.15) is 0 Å². The molecule has 0 atom stereocenters. The van der Waals surface area contributed by atoms with Crippen LogP contribution < -0.4 is 5.32 Å². The molecule has 1 aliphatic carbocycles. The van der Waals surface area contributed by atoms with Crippen molar-refractivity contribution < 1.29 is 0 Å². The second kappa shape index (κ2) is 11.4. The van der Waals surface area contributed by atoms with E-state index in [1.165, 1.54) is 66.8 Å². The van der Waals surface area contributed by atoms with Crippen molar-refractivity contribution in [3.63, 3.8) is 0 Å². The highest BCUT2D eigenvalue weighted by molar-refractivity contribution is 5.98. The van der Waals surface area contributed by atoms with Gasteiger partial charge in [-0.15, -0.1) is 0 Å².